The number of nitrogens with zero attached hydrogens (tertiary/aromatic N) is 5. The second-order valence-corrected chi connectivity index (χ2v) is 8.90. The van der Waals surface area contributed by atoms with Crippen LogP contribution in [0.4, 0.5) is 5.82 Å². The monoisotopic (exact) mass is 458 g/mol. The average molecular weight is 458 g/mol. The summed E-state index contributed by atoms with van der Waals surface area (Å²) in [7, 11) is -3.56. The minimum atomic E-state index is -3.56. The molecule has 0 bridgehead atoms. The number of ether oxygens (including phenoxy) is 4. The highest BCUT2D eigenvalue weighted by Crippen LogP contribution is 2.41. The van der Waals surface area contributed by atoms with E-state index < -0.39 is 15.3 Å². The summed E-state index contributed by atoms with van der Waals surface area (Å²) in [6.07, 6.45) is 5.38. The van der Waals surface area contributed by atoms with Crippen LogP contribution in [-0.4, -0.2) is 58.8 Å². The minimum Gasteiger partial charge on any atom is -0.473 e. The fraction of sp³-hybridized carbons (Fsp3) is 0.316. The Bertz CT molecular complexity index is 1220. The van der Waals surface area contributed by atoms with Crippen LogP contribution >= 0.6 is 0 Å². The maximum absolute atomic E-state index is 12.6. The van der Waals surface area contributed by atoms with E-state index in [0.29, 0.717) is 35.5 Å². The van der Waals surface area contributed by atoms with Crippen LogP contribution in [0.3, 0.4) is 0 Å². The molecule has 1 aliphatic carbocycles. The van der Waals surface area contributed by atoms with Gasteiger partial charge in [0.25, 0.3) is 0 Å². The molecule has 0 spiro atoms. The highest BCUT2D eigenvalue weighted by molar-refractivity contribution is 7.93. The molecule has 2 aromatic heterocycles. The van der Waals surface area contributed by atoms with E-state index in [2.05, 4.69) is 29.9 Å². The van der Waals surface area contributed by atoms with Gasteiger partial charge < -0.3 is 18.9 Å². The zero-order valence-corrected chi connectivity index (χ0v) is 17.5. The zero-order valence-electron chi connectivity index (χ0n) is 16.7. The molecule has 1 fully saturated rings. The first-order chi connectivity index (χ1) is 15.6. The second-order valence-electron chi connectivity index (χ2n) is 6.94. The van der Waals surface area contributed by atoms with E-state index in [9.17, 15) is 8.42 Å². The van der Waals surface area contributed by atoms with Crippen LogP contribution in [0, 0.1) is 0 Å². The first-order valence-corrected chi connectivity index (χ1v) is 11.3. The number of benzene rings is 1. The van der Waals surface area contributed by atoms with Crippen molar-refractivity contribution in [2.45, 2.75) is 18.1 Å². The molecule has 3 heterocycles. The third kappa shape index (κ3) is 4.32. The SMILES string of the molecule is O=S(=O)(Nc1ncnc(OCCOc2nccnn2)c1-c1ccc2c(c1)OCO2)C1CC1. The number of rotatable bonds is 9. The Labute approximate surface area is 183 Å². The highest BCUT2D eigenvalue weighted by Gasteiger charge is 2.37. The molecule has 0 radical (unpaired) electrons. The van der Waals surface area contributed by atoms with Crippen LogP contribution in [0.25, 0.3) is 11.1 Å². The molecular formula is C19H18N6O6S. The summed E-state index contributed by atoms with van der Waals surface area (Å²) in [5.41, 5.74) is 0.988. The zero-order chi connectivity index (χ0) is 22.0. The lowest BCUT2D eigenvalue weighted by atomic mass is 10.1. The maximum atomic E-state index is 12.6. The van der Waals surface area contributed by atoms with Crippen molar-refractivity contribution in [2.75, 3.05) is 24.7 Å². The van der Waals surface area contributed by atoms with Crippen molar-refractivity contribution in [1.29, 1.82) is 0 Å². The Kier molecular flexibility index (Phi) is 5.31. The first-order valence-electron chi connectivity index (χ1n) is 9.76. The fourth-order valence-corrected chi connectivity index (χ4v) is 4.39. The van der Waals surface area contributed by atoms with Gasteiger partial charge in [0.05, 0.1) is 23.2 Å². The number of sulfonamides is 1. The quantitative estimate of drug-likeness (QED) is 0.464. The number of nitrogens with one attached hydrogen (secondary N) is 1. The van der Waals surface area contributed by atoms with Gasteiger partial charge in [-0.25, -0.2) is 23.4 Å². The summed E-state index contributed by atoms with van der Waals surface area (Å²) in [4.78, 5) is 12.3. The van der Waals surface area contributed by atoms with Crippen molar-refractivity contribution in [3.05, 3.63) is 36.9 Å². The molecule has 0 saturated heterocycles. The van der Waals surface area contributed by atoms with Crippen molar-refractivity contribution < 1.29 is 27.4 Å². The van der Waals surface area contributed by atoms with Crippen LogP contribution in [-0.2, 0) is 10.0 Å². The smallest absolute Gasteiger partial charge is 0.335 e. The topological polar surface area (TPSA) is 148 Å². The molecule has 32 heavy (non-hydrogen) atoms. The predicted molar refractivity (Wildman–Crippen MR) is 110 cm³/mol. The number of fused-ring (bicyclic) bond motifs is 1. The molecule has 166 valence electrons. The molecule has 3 aromatic rings. The molecule has 0 atom stereocenters. The molecule has 12 nitrogen and oxygen atoms in total. The minimum absolute atomic E-state index is 0.0988. The summed E-state index contributed by atoms with van der Waals surface area (Å²) in [6, 6.07) is 5.33. The van der Waals surface area contributed by atoms with Gasteiger partial charge in [0.1, 0.15) is 19.5 Å². The average Bonchev–Trinajstić information content (AvgIpc) is 3.56. The highest BCUT2D eigenvalue weighted by atomic mass is 32.2. The second kappa shape index (κ2) is 8.42. The lowest BCUT2D eigenvalue weighted by Crippen LogP contribution is -2.19. The molecule has 1 aliphatic heterocycles. The number of hydrogen-bond donors (Lipinski definition) is 1. The van der Waals surface area contributed by atoms with Gasteiger partial charge in [-0.1, -0.05) is 11.2 Å². The van der Waals surface area contributed by atoms with Crippen LogP contribution in [0.2, 0.25) is 0 Å². The lowest BCUT2D eigenvalue weighted by molar-refractivity contribution is 0.174. The van der Waals surface area contributed by atoms with Crippen molar-refractivity contribution in [2.24, 2.45) is 0 Å². The van der Waals surface area contributed by atoms with E-state index in [1.165, 1.54) is 18.7 Å². The Hall–Kier alpha value is -3.74. The molecule has 13 heteroatoms. The summed E-state index contributed by atoms with van der Waals surface area (Å²) in [5.74, 6) is 1.43. The molecule has 1 N–H and O–H groups in total. The Morgan fingerprint density at radius 1 is 1.03 bits per heavy atom. The maximum Gasteiger partial charge on any atom is 0.335 e. The fourth-order valence-electron chi connectivity index (χ4n) is 3.04. The Morgan fingerprint density at radius 3 is 2.69 bits per heavy atom. The Balaban J connectivity index is 1.42. The standard InChI is InChI=1S/C19H18N6O6S/c26-32(27,13-2-3-13)25-17-16(12-1-4-14-15(9-12)31-11-30-14)18(22-10-21-17)28-7-8-29-19-20-5-6-23-24-19/h1,4-6,9-10,13H,2-3,7-8,11H2,(H,21,22,25). The molecular weight excluding hydrogens is 440 g/mol. The van der Waals surface area contributed by atoms with Crippen LogP contribution in [0.1, 0.15) is 12.8 Å². The summed E-state index contributed by atoms with van der Waals surface area (Å²) in [6.45, 7) is 0.337. The van der Waals surface area contributed by atoms with Crippen molar-refractivity contribution in [3.8, 4) is 34.5 Å². The van der Waals surface area contributed by atoms with E-state index in [1.807, 2.05) is 0 Å². The summed E-state index contributed by atoms with van der Waals surface area (Å²) in [5, 5.41) is 7.00. The van der Waals surface area contributed by atoms with E-state index in [4.69, 9.17) is 18.9 Å². The van der Waals surface area contributed by atoms with Crippen molar-refractivity contribution >= 4 is 15.8 Å². The molecule has 1 saturated carbocycles. The van der Waals surface area contributed by atoms with E-state index in [-0.39, 0.29) is 37.7 Å². The summed E-state index contributed by atoms with van der Waals surface area (Å²) >= 11 is 0. The molecule has 2 aliphatic rings. The van der Waals surface area contributed by atoms with Gasteiger partial charge in [0.2, 0.25) is 22.7 Å². The first kappa shape index (κ1) is 20.2. The van der Waals surface area contributed by atoms with Gasteiger partial charge >= 0.3 is 6.01 Å². The summed E-state index contributed by atoms with van der Waals surface area (Å²) < 4.78 is 49.7. The number of anilines is 1. The molecule has 0 unspecified atom stereocenters. The van der Waals surface area contributed by atoms with E-state index >= 15 is 0 Å². The van der Waals surface area contributed by atoms with Gasteiger partial charge in [-0.2, -0.15) is 5.10 Å². The largest absolute Gasteiger partial charge is 0.473 e. The van der Waals surface area contributed by atoms with E-state index in [0.717, 1.165) is 0 Å². The van der Waals surface area contributed by atoms with Gasteiger partial charge in [-0.3, -0.25) is 4.72 Å². The number of hydrogen-bond acceptors (Lipinski definition) is 11. The van der Waals surface area contributed by atoms with Crippen LogP contribution in [0.15, 0.2) is 36.9 Å². The lowest BCUT2D eigenvalue weighted by Gasteiger charge is -2.15. The van der Waals surface area contributed by atoms with Gasteiger partial charge in [0, 0.05) is 0 Å². The van der Waals surface area contributed by atoms with Gasteiger partial charge in [-0.15, -0.1) is 0 Å². The van der Waals surface area contributed by atoms with Gasteiger partial charge in [0.15, 0.2) is 17.3 Å². The molecule has 1 aromatic carbocycles. The Morgan fingerprint density at radius 2 is 1.88 bits per heavy atom. The van der Waals surface area contributed by atoms with Crippen molar-refractivity contribution in [1.82, 2.24) is 25.1 Å². The normalized spacial score (nSPS) is 14.8. The van der Waals surface area contributed by atoms with Crippen molar-refractivity contribution in [3.63, 3.8) is 0 Å². The van der Waals surface area contributed by atoms with Gasteiger partial charge in [-0.05, 0) is 30.5 Å². The van der Waals surface area contributed by atoms with E-state index in [1.54, 1.807) is 18.2 Å². The molecule has 5 rings (SSSR count). The van der Waals surface area contributed by atoms with Crippen LogP contribution < -0.4 is 23.7 Å². The third-order valence-corrected chi connectivity index (χ3v) is 6.52. The number of aromatic nitrogens is 5. The third-order valence-electron chi connectivity index (χ3n) is 4.69. The van der Waals surface area contributed by atoms with Crippen LogP contribution in [0.5, 0.6) is 23.4 Å². The molecule has 0 amide bonds. The predicted octanol–water partition coefficient (Wildman–Crippen LogP) is 1.42.